The Labute approximate surface area is 52.4 Å². The Bertz CT molecular complexity index is 209. The third kappa shape index (κ3) is 0.709. The molecular formula is C6H6N2O. The molecule has 0 bridgehead atoms. The van der Waals surface area contributed by atoms with E-state index in [1.807, 2.05) is 24.8 Å². The van der Waals surface area contributed by atoms with E-state index in [0.717, 1.165) is 11.1 Å². The molecule has 3 heteroatoms. The fourth-order valence-electron chi connectivity index (χ4n) is 0.761. The second kappa shape index (κ2) is 1.95. The van der Waals surface area contributed by atoms with Crippen LogP contribution in [0.25, 0.3) is 0 Å². The summed E-state index contributed by atoms with van der Waals surface area (Å²) in [6.45, 7) is 0. The predicted octanol–water partition coefficient (Wildman–Crippen LogP) is 0.0983. The minimum Gasteiger partial charge on any atom is -0.412 e. The first-order valence-electron chi connectivity index (χ1n) is 2.44. The fourth-order valence-corrected chi connectivity index (χ4v) is 0.761. The molecule has 0 amide bonds. The summed E-state index contributed by atoms with van der Waals surface area (Å²) < 4.78 is 0. The number of rotatable bonds is 0. The summed E-state index contributed by atoms with van der Waals surface area (Å²) in [4.78, 5) is 7.84. The van der Waals surface area contributed by atoms with Crippen LogP contribution in [0.1, 0.15) is 0 Å². The molecule has 0 unspecified atom stereocenters. The van der Waals surface area contributed by atoms with Crippen molar-refractivity contribution in [1.82, 2.24) is 0 Å². The van der Waals surface area contributed by atoms with Crippen LogP contribution in [0.2, 0.25) is 0 Å². The largest absolute Gasteiger partial charge is 0.412 e. The van der Waals surface area contributed by atoms with Crippen molar-refractivity contribution in [3.8, 4) is 0 Å². The molecule has 46 valence electrons. The molecule has 0 aliphatic carbocycles. The molecular weight excluding hydrogens is 116 g/mol. The van der Waals surface area contributed by atoms with E-state index in [0.29, 0.717) is 0 Å². The summed E-state index contributed by atoms with van der Waals surface area (Å²) in [5.74, 6) is 0. The quantitative estimate of drug-likeness (QED) is 0.437. The highest BCUT2D eigenvalue weighted by molar-refractivity contribution is 6.04. The lowest BCUT2D eigenvalue weighted by molar-refractivity contribution is 0.824. The zero-order valence-corrected chi connectivity index (χ0v) is 4.70. The Balaban J connectivity index is 0.000000405. The van der Waals surface area contributed by atoms with Gasteiger partial charge in [0, 0.05) is 36.0 Å². The Morgan fingerprint density at radius 3 is 1.78 bits per heavy atom. The van der Waals surface area contributed by atoms with Gasteiger partial charge in [-0.2, -0.15) is 0 Å². The monoisotopic (exact) mass is 122 g/mol. The Kier molecular flexibility index (Phi) is 1.28. The van der Waals surface area contributed by atoms with E-state index in [1.54, 1.807) is 0 Å². The van der Waals surface area contributed by atoms with Crippen LogP contribution in [0.5, 0.6) is 0 Å². The molecule has 2 N–H and O–H groups in total. The summed E-state index contributed by atoms with van der Waals surface area (Å²) >= 11 is 0. The molecule has 0 atom stereocenters. The van der Waals surface area contributed by atoms with Crippen LogP contribution in [-0.2, 0) is 0 Å². The first-order valence-corrected chi connectivity index (χ1v) is 2.44. The average molecular weight is 122 g/mol. The number of allylic oxidation sites excluding steroid dienone is 2. The maximum Gasteiger partial charge on any atom is 0.0363 e. The van der Waals surface area contributed by atoms with Crippen molar-refractivity contribution in [2.75, 3.05) is 0 Å². The molecule has 9 heavy (non-hydrogen) atoms. The van der Waals surface area contributed by atoms with Crippen LogP contribution in [0.3, 0.4) is 0 Å². The SMILES string of the molecule is C1=NC=C2C=NC=C12.O. The zero-order chi connectivity index (χ0) is 5.40. The van der Waals surface area contributed by atoms with Gasteiger partial charge >= 0.3 is 0 Å². The van der Waals surface area contributed by atoms with Crippen molar-refractivity contribution in [3.63, 3.8) is 0 Å². The maximum absolute atomic E-state index is 3.92. The molecule has 0 aromatic rings. The number of aliphatic imine (C=N–C) groups is 2. The average Bonchev–Trinajstić information content (AvgIpc) is 2.15. The van der Waals surface area contributed by atoms with Crippen LogP contribution in [0, 0.1) is 0 Å². The topological polar surface area (TPSA) is 56.2 Å². The highest BCUT2D eigenvalue weighted by atomic mass is 16.0. The third-order valence-corrected chi connectivity index (χ3v) is 1.19. The number of fused-ring (bicyclic) bond motifs is 1. The van der Waals surface area contributed by atoms with Gasteiger partial charge in [0.25, 0.3) is 0 Å². The first-order chi connectivity index (χ1) is 3.97. The van der Waals surface area contributed by atoms with Gasteiger partial charge in [0.15, 0.2) is 0 Å². The molecule has 2 aliphatic rings. The summed E-state index contributed by atoms with van der Waals surface area (Å²) in [7, 11) is 0. The van der Waals surface area contributed by atoms with Gasteiger partial charge in [0.1, 0.15) is 0 Å². The Hall–Kier alpha value is -1.22. The van der Waals surface area contributed by atoms with Gasteiger partial charge in [-0.15, -0.1) is 0 Å². The lowest BCUT2D eigenvalue weighted by Gasteiger charge is -1.80. The van der Waals surface area contributed by atoms with Gasteiger partial charge in [-0.25, -0.2) is 0 Å². The van der Waals surface area contributed by atoms with Gasteiger partial charge in [0.2, 0.25) is 0 Å². The Morgan fingerprint density at radius 1 is 0.889 bits per heavy atom. The van der Waals surface area contributed by atoms with Crippen molar-refractivity contribution in [2.45, 2.75) is 0 Å². The van der Waals surface area contributed by atoms with Crippen molar-refractivity contribution in [3.05, 3.63) is 23.5 Å². The summed E-state index contributed by atoms with van der Waals surface area (Å²) in [6.07, 6.45) is 7.23. The molecule has 3 nitrogen and oxygen atoms in total. The fraction of sp³-hybridized carbons (Fsp3) is 0. The molecule has 2 heterocycles. The van der Waals surface area contributed by atoms with Crippen molar-refractivity contribution >= 4 is 12.4 Å². The van der Waals surface area contributed by atoms with E-state index in [2.05, 4.69) is 9.98 Å². The third-order valence-electron chi connectivity index (χ3n) is 1.19. The van der Waals surface area contributed by atoms with Crippen LogP contribution >= 0.6 is 0 Å². The van der Waals surface area contributed by atoms with E-state index >= 15 is 0 Å². The minimum atomic E-state index is 0. The van der Waals surface area contributed by atoms with Gasteiger partial charge in [0.05, 0.1) is 0 Å². The summed E-state index contributed by atoms with van der Waals surface area (Å²) in [5.41, 5.74) is 2.26. The van der Waals surface area contributed by atoms with Gasteiger partial charge in [-0.3, -0.25) is 9.98 Å². The van der Waals surface area contributed by atoms with Crippen molar-refractivity contribution in [2.24, 2.45) is 9.98 Å². The highest BCUT2D eigenvalue weighted by Gasteiger charge is 2.07. The van der Waals surface area contributed by atoms with Gasteiger partial charge < -0.3 is 5.48 Å². The molecule has 2 rings (SSSR count). The van der Waals surface area contributed by atoms with Crippen LogP contribution in [0.15, 0.2) is 33.5 Å². The number of hydrogen-bond acceptors (Lipinski definition) is 2. The Morgan fingerprint density at radius 2 is 1.33 bits per heavy atom. The normalized spacial score (nSPS) is 18.7. The predicted molar refractivity (Wildman–Crippen MR) is 36.8 cm³/mol. The number of hydrogen-bond donors (Lipinski definition) is 0. The number of nitrogens with zero attached hydrogens (tertiary/aromatic N) is 2. The second-order valence-corrected chi connectivity index (χ2v) is 1.73. The highest BCUT2D eigenvalue weighted by Crippen LogP contribution is 2.15. The molecule has 0 spiro atoms. The molecule has 0 saturated carbocycles. The smallest absolute Gasteiger partial charge is 0.0363 e. The molecule has 0 aromatic heterocycles. The van der Waals surface area contributed by atoms with E-state index in [4.69, 9.17) is 0 Å². The molecule has 0 radical (unpaired) electrons. The molecule has 0 aromatic carbocycles. The van der Waals surface area contributed by atoms with Gasteiger partial charge in [-0.1, -0.05) is 0 Å². The van der Waals surface area contributed by atoms with Gasteiger partial charge in [-0.05, 0) is 0 Å². The standard InChI is InChI=1S/C6H4N2.H2O/c1-5-2-8-4-6(5)3-7-1;/h1-4H;1H2. The van der Waals surface area contributed by atoms with E-state index in [-0.39, 0.29) is 5.48 Å². The maximum atomic E-state index is 3.92. The second-order valence-electron chi connectivity index (χ2n) is 1.73. The van der Waals surface area contributed by atoms with Crippen LogP contribution < -0.4 is 0 Å². The zero-order valence-electron chi connectivity index (χ0n) is 4.70. The lowest BCUT2D eigenvalue weighted by Crippen LogP contribution is -1.78. The minimum absolute atomic E-state index is 0. The van der Waals surface area contributed by atoms with E-state index in [9.17, 15) is 0 Å². The van der Waals surface area contributed by atoms with E-state index < -0.39 is 0 Å². The van der Waals surface area contributed by atoms with Crippen molar-refractivity contribution in [1.29, 1.82) is 0 Å². The van der Waals surface area contributed by atoms with Crippen LogP contribution in [-0.4, -0.2) is 17.9 Å². The lowest BCUT2D eigenvalue weighted by atomic mass is 10.2. The summed E-state index contributed by atoms with van der Waals surface area (Å²) in [5, 5.41) is 0. The molecule has 2 aliphatic heterocycles. The molecule has 0 saturated heterocycles. The summed E-state index contributed by atoms with van der Waals surface area (Å²) in [6, 6.07) is 0. The van der Waals surface area contributed by atoms with Crippen molar-refractivity contribution < 1.29 is 5.48 Å². The molecule has 0 fully saturated rings. The van der Waals surface area contributed by atoms with E-state index in [1.165, 1.54) is 0 Å². The first kappa shape index (κ1) is 5.91. The van der Waals surface area contributed by atoms with Crippen LogP contribution in [0.4, 0.5) is 0 Å².